The van der Waals surface area contributed by atoms with E-state index in [1.54, 1.807) is 0 Å². The van der Waals surface area contributed by atoms with Gasteiger partial charge < -0.3 is 14.2 Å². The van der Waals surface area contributed by atoms with E-state index in [9.17, 15) is 0 Å². The van der Waals surface area contributed by atoms with Crippen LogP contribution in [0.5, 0.6) is 0 Å². The van der Waals surface area contributed by atoms with Crippen molar-refractivity contribution in [2.75, 3.05) is 9.80 Å². The minimum Gasteiger partial charge on any atom is -0.456 e. The topological polar surface area (TPSA) is 19.6 Å². The van der Waals surface area contributed by atoms with Crippen molar-refractivity contribution in [3.8, 4) is 11.1 Å². The van der Waals surface area contributed by atoms with Gasteiger partial charge >= 0.3 is 0 Å². The fourth-order valence-corrected chi connectivity index (χ4v) is 9.52. The van der Waals surface area contributed by atoms with E-state index in [1.165, 1.54) is 42.1 Å². The van der Waals surface area contributed by atoms with Gasteiger partial charge in [-0.15, -0.1) is 11.3 Å². The highest BCUT2D eigenvalue weighted by atomic mass is 32.1. The number of benzene rings is 9. The molecule has 2 aromatic heterocycles. The van der Waals surface area contributed by atoms with Gasteiger partial charge in [0.2, 0.25) is 0 Å². The van der Waals surface area contributed by atoms with Crippen molar-refractivity contribution in [1.29, 1.82) is 0 Å². The van der Waals surface area contributed by atoms with Gasteiger partial charge in [-0.1, -0.05) is 127 Å². The Bertz CT molecular complexity index is 3190. The standard InChI is InChI=1S/C52H34N2OS/c1-4-15-35(16-5-1)36-27-29-39(30-28-36)53(37-17-6-2-7-18-37)47-34-45-51-46(24-14-26-50(51)56-52(45)44-23-11-10-21-41(44)47)54(38-19-8-3-9-20-38)40-31-32-43-42-22-12-13-25-48(42)55-49(43)33-40/h1-34H. The molecule has 0 atom stereocenters. The summed E-state index contributed by atoms with van der Waals surface area (Å²) in [6, 6.07) is 73.8. The maximum Gasteiger partial charge on any atom is 0.137 e. The number of rotatable bonds is 7. The van der Waals surface area contributed by atoms with Crippen LogP contribution in [0.25, 0.3) is 64.0 Å². The zero-order valence-corrected chi connectivity index (χ0v) is 31.2. The van der Waals surface area contributed by atoms with E-state index in [-0.39, 0.29) is 0 Å². The molecule has 0 saturated carbocycles. The number of para-hydroxylation sites is 3. The molecule has 0 N–H and O–H groups in total. The second kappa shape index (κ2) is 13.3. The number of anilines is 6. The van der Waals surface area contributed by atoms with Gasteiger partial charge in [-0.2, -0.15) is 0 Å². The molecule has 0 aliphatic rings. The predicted molar refractivity (Wildman–Crippen MR) is 239 cm³/mol. The van der Waals surface area contributed by atoms with Gasteiger partial charge in [-0.05, 0) is 83.9 Å². The molecule has 0 bridgehead atoms. The Labute approximate surface area is 328 Å². The van der Waals surface area contributed by atoms with Gasteiger partial charge in [-0.25, -0.2) is 0 Å². The van der Waals surface area contributed by atoms with Crippen LogP contribution in [0.3, 0.4) is 0 Å². The van der Waals surface area contributed by atoms with E-state index in [4.69, 9.17) is 4.42 Å². The maximum absolute atomic E-state index is 6.43. The molecular weight excluding hydrogens is 701 g/mol. The van der Waals surface area contributed by atoms with Gasteiger partial charge in [0.1, 0.15) is 11.2 Å². The summed E-state index contributed by atoms with van der Waals surface area (Å²) in [5.41, 5.74) is 10.8. The molecule has 264 valence electrons. The van der Waals surface area contributed by atoms with Gasteiger partial charge in [0.15, 0.2) is 0 Å². The van der Waals surface area contributed by atoms with Crippen LogP contribution in [0, 0.1) is 0 Å². The summed E-state index contributed by atoms with van der Waals surface area (Å²) < 4.78 is 8.95. The zero-order valence-electron chi connectivity index (χ0n) is 30.3. The van der Waals surface area contributed by atoms with Crippen molar-refractivity contribution in [3.05, 3.63) is 206 Å². The molecular formula is C52H34N2OS. The lowest BCUT2D eigenvalue weighted by molar-refractivity contribution is 0.669. The van der Waals surface area contributed by atoms with Crippen LogP contribution in [0.4, 0.5) is 34.1 Å². The summed E-state index contributed by atoms with van der Waals surface area (Å²) in [6.45, 7) is 0. The molecule has 0 radical (unpaired) electrons. The lowest BCUT2D eigenvalue weighted by atomic mass is 10.0. The fraction of sp³-hybridized carbons (Fsp3) is 0. The van der Waals surface area contributed by atoms with Gasteiger partial charge in [0.05, 0.1) is 11.4 Å². The van der Waals surface area contributed by atoms with E-state index in [0.717, 1.165) is 56.1 Å². The number of furan rings is 1. The highest BCUT2D eigenvalue weighted by Gasteiger charge is 2.23. The lowest BCUT2D eigenvalue weighted by Crippen LogP contribution is -2.11. The van der Waals surface area contributed by atoms with Crippen molar-refractivity contribution < 1.29 is 4.42 Å². The molecule has 11 aromatic rings. The Morgan fingerprint density at radius 1 is 0.339 bits per heavy atom. The number of hydrogen-bond donors (Lipinski definition) is 0. The molecule has 0 spiro atoms. The van der Waals surface area contributed by atoms with Crippen LogP contribution in [0.15, 0.2) is 211 Å². The number of nitrogens with zero attached hydrogens (tertiary/aromatic N) is 2. The quantitative estimate of drug-likeness (QED) is 0.163. The van der Waals surface area contributed by atoms with Crippen molar-refractivity contribution in [2.24, 2.45) is 0 Å². The minimum absolute atomic E-state index is 0.872. The highest BCUT2D eigenvalue weighted by molar-refractivity contribution is 7.26. The molecule has 4 heteroatoms. The van der Waals surface area contributed by atoms with Crippen LogP contribution >= 0.6 is 11.3 Å². The van der Waals surface area contributed by atoms with Gasteiger partial charge in [0, 0.05) is 70.5 Å². The monoisotopic (exact) mass is 734 g/mol. The van der Waals surface area contributed by atoms with E-state index in [1.807, 2.05) is 23.5 Å². The molecule has 11 rings (SSSR count). The molecule has 2 heterocycles. The molecule has 3 nitrogen and oxygen atoms in total. The first-order valence-electron chi connectivity index (χ1n) is 18.9. The summed E-state index contributed by atoms with van der Waals surface area (Å²) in [7, 11) is 0. The Balaban J connectivity index is 1.16. The Kier molecular flexibility index (Phi) is 7.68. The maximum atomic E-state index is 6.43. The molecule has 56 heavy (non-hydrogen) atoms. The molecule has 0 aliphatic carbocycles. The Morgan fingerprint density at radius 2 is 0.893 bits per heavy atom. The molecule has 0 saturated heterocycles. The third-order valence-electron chi connectivity index (χ3n) is 10.8. The smallest absolute Gasteiger partial charge is 0.137 e. The van der Waals surface area contributed by atoms with E-state index in [2.05, 4.69) is 204 Å². The normalized spacial score (nSPS) is 11.6. The zero-order chi connectivity index (χ0) is 37.0. The van der Waals surface area contributed by atoms with Crippen LogP contribution < -0.4 is 9.80 Å². The summed E-state index contributed by atoms with van der Waals surface area (Å²) in [5, 5.41) is 7.14. The molecule has 0 fully saturated rings. The second-order valence-electron chi connectivity index (χ2n) is 14.1. The van der Waals surface area contributed by atoms with E-state index < -0.39 is 0 Å². The van der Waals surface area contributed by atoms with Crippen LogP contribution in [-0.2, 0) is 0 Å². The average Bonchev–Trinajstić information content (AvgIpc) is 3.84. The Morgan fingerprint density at radius 3 is 1.62 bits per heavy atom. The number of hydrogen-bond acceptors (Lipinski definition) is 4. The summed E-state index contributed by atoms with van der Waals surface area (Å²) in [5.74, 6) is 0. The fourth-order valence-electron chi connectivity index (χ4n) is 8.28. The van der Waals surface area contributed by atoms with Gasteiger partial charge in [-0.3, -0.25) is 0 Å². The summed E-state index contributed by atoms with van der Waals surface area (Å²) >= 11 is 1.87. The van der Waals surface area contributed by atoms with Gasteiger partial charge in [0.25, 0.3) is 0 Å². The van der Waals surface area contributed by atoms with Crippen LogP contribution in [0.2, 0.25) is 0 Å². The molecule has 0 aliphatic heterocycles. The first-order chi connectivity index (χ1) is 27.8. The molecule has 0 unspecified atom stereocenters. The largest absolute Gasteiger partial charge is 0.456 e. The predicted octanol–water partition coefficient (Wildman–Crippen LogP) is 15.7. The third kappa shape index (κ3) is 5.34. The molecule has 0 amide bonds. The van der Waals surface area contributed by atoms with Crippen LogP contribution in [0.1, 0.15) is 0 Å². The lowest BCUT2D eigenvalue weighted by Gasteiger charge is -2.28. The van der Waals surface area contributed by atoms with Crippen molar-refractivity contribution in [2.45, 2.75) is 0 Å². The van der Waals surface area contributed by atoms with Crippen molar-refractivity contribution >= 4 is 98.3 Å². The summed E-state index contributed by atoms with van der Waals surface area (Å²) in [6.07, 6.45) is 0. The van der Waals surface area contributed by atoms with E-state index >= 15 is 0 Å². The Hall–Kier alpha value is -7.14. The minimum atomic E-state index is 0.872. The first kappa shape index (κ1) is 32.3. The van der Waals surface area contributed by atoms with Crippen LogP contribution in [-0.4, -0.2) is 0 Å². The number of fused-ring (bicyclic) bond motifs is 8. The molecule has 9 aromatic carbocycles. The first-order valence-corrected chi connectivity index (χ1v) is 19.7. The third-order valence-corrected chi connectivity index (χ3v) is 12.0. The van der Waals surface area contributed by atoms with Crippen molar-refractivity contribution in [3.63, 3.8) is 0 Å². The summed E-state index contributed by atoms with van der Waals surface area (Å²) in [4.78, 5) is 4.79. The highest BCUT2D eigenvalue weighted by Crippen LogP contribution is 2.50. The van der Waals surface area contributed by atoms with E-state index in [0.29, 0.717) is 0 Å². The van der Waals surface area contributed by atoms with Crippen molar-refractivity contribution in [1.82, 2.24) is 0 Å². The second-order valence-corrected chi connectivity index (χ2v) is 15.2. The average molecular weight is 735 g/mol. The SMILES string of the molecule is c1ccc(-c2ccc(N(c3ccccc3)c3cc4c(sc5cccc(N(c6ccccc6)c6ccc7c(c6)oc6ccccc67)c54)c4ccccc34)cc2)cc1. The number of thiophene rings is 1.